The minimum Gasteiger partial charge on any atom is -1.00 e. The maximum absolute atomic E-state index is 13.0. The summed E-state index contributed by atoms with van der Waals surface area (Å²) in [7, 11) is 1.95. The third-order valence-electron chi connectivity index (χ3n) is 4.56. The fourth-order valence-electron chi connectivity index (χ4n) is 3.31. The van der Waals surface area contributed by atoms with Crippen LogP contribution < -0.4 is 26.9 Å². The first-order valence-electron chi connectivity index (χ1n) is 8.35. The summed E-state index contributed by atoms with van der Waals surface area (Å²) < 4.78 is 3.96. The van der Waals surface area contributed by atoms with Gasteiger partial charge in [0.05, 0.1) is 24.7 Å². The van der Waals surface area contributed by atoms with Gasteiger partial charge in [0.2, 0.25) is 6.33 Å². The molecule has 3 aromatic rings. The van der Waals surface area contributed by atoms with Crippen LogP contribution in [-0.4, -0.2) is 27.8 Å². The number of hydrogen-bond donors (Lipinski definition) is 2. The molecule has 0 radical (unpaired) electrons. The van der Waals surface area contributed by atoms with Crippen molar-refractivity contribution in [1.82, 2.24) is 4.57 Å². The predicted octanol–water partition coefficient (Wildman–Crippen LogP) is -1.09. The number of hydrogen-bond acceptors (Lipinski definition) is 4. The summed E-state index contributed by atoms with van der Waals surface area (Å²) in [4.78, 5) is 25.7. The highest BCUT2D eigenvalue weighted by Gasteiger charge is 2.33. The number of aromatic hydroxyl groups is 1. The van der Waals surface area contributed by atoms with Gasteiger partial charge in [-0.15, -0.1) is 0 Å². The van der Waals surface area contributed by atoms with Crippen molar-refractivity contribution in [2.24, 2.45) is 7.05 Å². The van der Waals surface area contributed by atoms with Crippen molar-refractivity contribution in [2.45, 2.75) is 6.54 Å². The SMILES string of the molecule is C[n+]1ccn(CCNc2ccc(O)c3c2C(=O)c2ccccc2C3=O)c1.[Br-]. The molecule has 0 bridgehead atoms. The molecule has 6 nitrogen and oxygen atoms in total. The van der Waals surface area contributed by atoms with Gasteiger partial charge in [-0.05, 0) is 12.1 Å². The number of anilines is 1. The summed E-state index contributed by atoms with van der Waals surface area (Å²) in [6, 6.07) is 9.80. The Morgan fingerprint density at radius 1 is 1.04 bits per heavy atom. The Labute approximate surface area is 166 Å². The number of phenolic OH excluding ortho intramolecular Hbond substituents is 1. The number of aryl methyl sites for hydroxylation is 1. The van der Waals surface area contributed by atoms with E-state index in [2.05, 4.69) is 5.32 Å². The quantitative estimate of drug-likeness (QED) is 0.320. The molecule has 7 heteroatoms. The number of nitrogens with one attached hydrogen (secondary N) is 1. The van der Waals surface area contributed by atoms with E-state index in [9.17, 15) is 14.7 Å². The number of halogens is 1. The molecule has 0 amide bonds. The molecular formula is C20H18BrN3O3. The first kappa shape index (κ1) is 18.8. The Morgan fingerprint density at radius 2 is 1.70 bits per heavy atom. The van der Waals surface area contributed by atoms with Crippen molar-refractivity contribution in [1.29, 1.82) is 0 Å². The largest absolute Gasteiger partial charge is 1.00 e. The first-order chi connectivity index (χ1) is 12.6. The topological polar surface area (TPSA) is 75.2 Å². The van der Waals surface area contributed by atoms with Crippen LogP contribution in [0.3, 0.4) is 0 Å². The highest BCUT2D eigenvalue weighted by atomic mass is 79.9. The van der Waals surface area contributed by atoms with E-state index in [4.69, 9.17) is 0 Å². The zero-order valence-electron chi connectivity index (χ0n) is 14.6. The Hall–Kier alpha value is -2.93. The van der Waals surface area contributed by atoms with Gasteiger partial charge in [-0.2, -0.15) is 0 Å². The first-order valence-corrected chi connectivity index (χ1v) is 8.35. The van der Waals surface area contributed by atoms with Crippen LogP contribution in [0, 0.1) is 0 Å². The molecule has 0 unspecified atom stereocenters. The smallest absolute Gasteiger partial charge is 0.243 e. The number of ketones is 2. The van der Waals surface area contributed by atoms with Gasteiger partial charge in [0.25, 0.3) is 0 Å². The molecule has 1 aromatic heterocycles. The molecule has 0 saturated heterocycles. The predicted molar refractivity (Wildman–Crippen MR) is 95.5 cm³/mol. The van der Waals surface area contributed by atoms with Gasteiger partial charge in [0.1, 0.15) is 24.7 Å². The zero-order valence-corrected chi connectivity index (χ0v) is 16.2. The molecule has 2 N–H and O–H groups in total. The molecule has 0 aliphatic heterocycles. The number of benzene rings is 2. The van der Waals surface area contributed by atoms with E-state index in [1.807, 2.05) is 34.9 Å². The second-order valence-electron chi connectivity index (χ2n) is 6.33. The highest BCUT2D eigenvalue weighted by Crippen LogP contribution is 2.36. The molecule has 0 saturated carbocycles. The van der Waals surface area contributed by atoms with E-state index >= 15 is 0 Å². The molecule has 1 aliphatic rings. The fourth-order valence-corrected chi connectivity index (χ4v) is 3.31. The van der Waals surface area contributed by atoms with Crippen molar-refractivity contribution in [3.8, 4) is 5.75 Å². The molecule has 0 atom stereocenters. The van der Waals surface area contributed by atoms with Crippen LogP contribution in [0.25, 0.3) is 0 Å². The number of nitrogens with zero attached hydrogens (tertiary/aromatic N) is 2. The summed E-state index contributed by atoms with van der Waals surface area (Å²) in [6.07, 6.45) is 5.86. The molecule has 138 valence electrons. The van der Waals surface area contributed by atoms with Crippen molar-refractivity contribution >= 4 is 17.3 Å². The van der Waals surface area contributed by atoms with Gasteiger partial charge < -0.3 is 27.4 Å². The number of phenols is 1. The van der Waals surface area contributed by atoms with Crippen molar-refractivity contribution in [3.05, 3.63) is 77.4 Å². The van der Waals surface area contributed by atoms with Crippen molar-refractivity contribution < 1.29 is 36.2 Å². The van der Waals surface area contributed by atoms with Gasteiger partial charge >= 0.3 is 0 Å². The zero-order chi connectivity index (χ0) is 18.3. The second-order valence-corrected chi connectivity index (χ2v) is 6.33. The average molecular weight is 428 g/mol. The summed E-state index contributed by atoms with van der Waals surface area (Å²) in [5, 5.41) is 13.4. The van der Waals surface area contributed by atoms with Gasteiger partial charge in [-0.25, -0.2) is 9.13 Å². The van der Waals surface area contributed by atoms with E-state index in [1.54, 1.807) is 30.3 Å². The van der Waals surface area contributed by atoms with E-state index in [0.29, 0.717) is 29.9 Å². The third-order valence-corrected chi connectivity index (χ3v) is 4.56. The normalized spacial score (nSPS) is 12.2. The van der Waals surface area contributed by atoms with Gasteiger partial charge in [-0.1, -0.05) is 24.3 Å². The van der Waals surface area contributed by atoms with Crippen LogP contribution in [-0.2, 0) is 13.6 Å². The number of rotatable bonds is 4. The van der Waals surface area contributed by atoms with Crippen LogP contribution in [0.5, 0.6) is 5.75 Å². The van der Waals surface area contributed by atoms with Gasteiger partial charge in [-0.3, -0.25) is 9.59 Å². The Morgan fingerprint density at radius 3 is 2.33 bits per heavy atom. The van der Waals surface area contributed by atoms with E-state index < -0.39 is 0 Å². The maximum Gasteiger partial charge on any atom is 0.243 e. The summed E-state index contributed by atoms with van der Waals surface area (Å²) in [6.45, 7) is 1.28. The summed E-state index contributed by atoms with van der Waals surface area (Å²) in [5.41, 5.74) is 1.58. The van der Waals surface area contributed by atoms with Gasteiger partial charge in [0, 0.05) is 16.8 Å². The highest BCUT2D eigenvalue weighted by molar-refractivity contribution is 6.31. The molecule has 2 aromatic carbocycles. The summed E-state index contributed by atoms with van der Waals surface area (Å²) >= 11 is 0. The Balaban J connectivity index is 0.00000210. The van der Waals surface area contributed by atoms with Crippen LogP contribution in [0.2, 0.25) is 0 Å². The minimum absolute atomic E-state index is 0. The molecule has 0 fully saturated rings. The molecule has 1 heterocycles. The van der Waals surface area contributed by atoms with Crippen LogP contribution in [0.1, 0.15) is 31.8 Å². The monoisotopic (exact) mass is 427 g/mol. The lowest BCUT2D eigenvalue weighted by Crippen LogP contribution is -3.00. The maximum atomic E-state index is 13.0. The minimum atomic E-state index is -0.325. The molecule has 1 aliphatic carbocycles. The van der Waals surface area contributed by atoms with Crippen LogP contribution in [0.4, 0.5) is 5.69 Å². The Kier molecular flexibility index (Phi) is 5.14. The van der Waals surface area contributed by atoms with Crippen molar-refractivity contribution in [2.75, 3.05) is 11.9 Å². The summed E-state index contributed by atoms with van der Waals surface area (Å²) in [5.74, 6) is -0.745. The standard InChI is InChI=1S/C20H17N3O3.BrH/c1-22-10-11-23(12-22)9-8-21-15-6-7-16(24)18-17(15)19(25)13-4-2-3-5-14(13)20(18)26;/h2-7,10-12H,8-9H2,1H3,(H-,21,24,25,26);1H. The molecule has 27 heavy (non-hydrogen) atoms. The fraction of sp³-hybridized carbons (Fsp3) is 0.150. The molecule has 4 rings (SSSR count). The van der Waals surface area contributed by atoms with Gasteiger partial charge in [0.15, 0.2) is 11.6 Å². The van der Waals surface area contributed by atoms with Crippen LogP contribution in [0.15, 0.2) is 55.1 Å². The van der Waals surface area contributed by atoms with Crippen molar-refractivity contribution in [3.63, 3.8) is 0 Å². The van der Waals surface area contributed by atoms with Crippen LogP contribution >= 0.6 is 0 Å². The second kappa shape index (κ2) is 7.36. The lowest BCUT2D eigenvalue weighted by Gasteiger charge is -2.21. The number of carbonyl (C=O) groups is 2. The number of aromatic nitrogens is 2. The lowest BCUT2D eigenvalue weighted by molar-refractivity contribution is -0.671. The molecular weight excluding hydrogens is 410 g/mol. The van der Waals surface area contributed by atoms with E-state index in [-0.39, 0.29) is 45.4 Å². The number of carbonyl (C=O) groups excluding carboxylic acids is 2. The third kappa shape index (κ3) is 3.26. The van der Waals surface area contributed by atoms with E-state index in [1.165, 1.54) is 6.07 Å². The lowest BCUT2D eigenvalue weighted by atomic mass is 9.82. The molecule has 0 spiro atoms. The number of imidazole rings is 1. The Bertz CT molecular complexity index is 1040. The average Bonchev–Trinajstić information content (AvgIpc) is 3.06. The van der Waals surface area contributed by atoms with E-state index in [0.717, 1.165) is 0 Å². The number of fused-ring (bicyclic) bond motifs is 2.